The Morgan fingerprint density at radius 1 is 1.10 bits per heavy atom. The first-order chi connectivity index (χ1) is 9.70. The zero-order valence-electron chi connectivity index (χ0n) is 10.4. The van der Waals surface area contributed by atoms with Crippen molar-refractivity contribution in [1.82, 2.24) is 4.57 Å². The Balaban J connectivity index is 2.20. The number of hydrogen-bond acceptors (Lipinski definition) is 2. The van der Waals surface area contributed by atoms with E-state index >= 15 is 0 Å². The molecule has 2 aromatic carbocycles. The van der Waals surface area contributed by atoms with E-state index in [1.807, 2.05) is 28.8 Å². The van der Waals surface area contributed by atoms with Gasteiger partial charge < -0.3 is 9.67 Å². The van der Waals surface area contributed by atoms with Crippen LogP contribution in [-0.4, -0.2) is 15.6 Å². The highest BCUT2D eigenvalue weighted by Crippen LogP contribution is 2.24. The van der Waals surface area contributed by atoms with E-state index in [1.165, 1.54) is 0 Å². The molecule has 96 valence electrons. The van der Waals surface area contributed by atoms with Gasteiger partial charge in [0, 0.05) is 17.3 Å². The number of hydrogen-bond donors (Lipinski definition) is 1. The number of carboxylic acids is 1. The molecule has 1 N–H and O–H groups in total. The van der Waals surface area contributed by atoms with Crippen LogP contribution in [0.4, 0.5) is 0 Å². The first-order valence-corrected chi connectivity index (χ1v) is 6.04. The SMILES string of the molecule is N#Cc1cn(-c2ccc(C(=O)O)cc2)c2ccccc12. The number of nitriles is 1. The largest absolute Gasteiger partial charge is 0.478 e. The second kappa shape index (κ2) is 4.56. The maximum atomic E-state index is 10.9. The first kappa shape index (κ1) is 12.0. The fourth-order valence-electron chi connectivity index (χ4n) is 2.25. The van der Waals surface area contributed by atoms with Gasteiger partial charge >= 0.3 is 5.97 Å². The number of carbonyl (C=O) groups is 1. The topological polar surface area (TPSA) is 66.0 Å². The Morgan fingerprint density at radius 3 is 2.45 bits per heavy atom. The van der Waals surface area contributed by atoms with E-state index in [4.69, 9.17) is 5.11 Å². The van der Waals surface area contributed by atoms with E-state index in [-0.39, 0.29) is 5.56 Å². The first-order valence-electron chi connectivity index (χ1n) is 6.04. The number of para-hydroxylation sites is 1. The summed E-state index contributed by atoms with van der Waals surface area (Å²) in [4.78, 5) is 10.9. The highest BCUT2D eigenvalue weighted by atomic mass is 16.4. The highest BCUT2D eigenvalue weighted by Gasteiger charge is 2.09. The number of benzene rings is 2. The third-order valence-corrected chi connectivity index (χ3v) is 3.22. The molecule has 3 aromatic rings. The van der Waals surface area contributed by atoms with E-state index in [0.29, 0.717) is 5.56 Å². The van der Waals surface area contributed by atoms with Gasteiger partial charge in [-0.25, -0.2) is 4.79 Å². The summed E-state index contributed by atoms with van der Waals surface area (Å²) in [5.41, 5.74) is 2.59. The number of nitrogens with zero attached hydrogens (tertiary/aromatic N) is 2. The van der Waals surface area contributed by atoms with Gasteiger partial charge in [0.15, 0.2) is 0 Å². The lowest BCUT2D eigenvalue weighted by Gasteiger charge is -2.05. The van der Waals surface area contributed by atoms with Gasteiger partial charge in [0.1, 0.15) is 6.07 Å². The van der Waals surface area contributed by atoms with Crippen LogP contribution in [-0.2, 0) is 0 Å². The predicted molar refractivity (Wildman–Crippen MR) is 74.9 cm³/mol. The number of rotatable bonds is 2. The van der Waals surface area contributed by atoms with Gasteiger partial charge in [-0.05, 0) is 30.3 Å². The molecule has 0 spiro atoms. The van der Waals surface area contributed by atoms with Crippen molar-refractivity contribution in [3.05, 3.63) is 65.9 Å². The minimum atomic E-state index is -0.952. The van der Waals surface area contributed by atoms with Crippen LogP contribution >= 0.6 is 0 Å². The molecule has 20 heavy (non-hydrogen) atoms. The lowest BCUT2D eigenvalue weighted by molar-refractivity contribution is 0.0697. The van der Waals surface area contributed by atoms with Gasteiger partial charge in [-0.1, -0.05) is 18.2 Å². The van der Waals surface area contributed by atoms with Crippen molar-refractivity contribution in [2.75, 3.05) is 0 Å². The Labute approximate surface area is 115 Å². The summed E-state index contributed by atoms with van der Waals surface area (Å²) in [5.74, 6) is -0.952. The molecule has 0 radical (unpaired) electrons. The van der Waals surface area contributed by atoms with Crippen LogP contribution in [0.1, 0.15) is 15.9 Å². The number of fused-ring (bicyclic) bond motifs is 1. The summed E-state index contributed by atoms with van der Waals surface area (Å²) in [7, 11) is 0. The molecule has 0 amide bonds. The average Bonchev–Trinajstić information content (AvgIpc) is 2.86. The van der Waals surface area contributed by atoms with Crippen LogP contribution in [0.3, 0.4) is 0 Å². The standard InChI is InChI=1S/C16H10N2O2/c17-9-12-10-18(15-4-2-1-3-14(12)15)13-7-5-11(6-8-13)16(19)20/h1-8,10H,(H,19,20). The van der Waals surface area contributed by atoms with E-state index < -0.39 is 5.97 Å². The molecule has 0 atom stereocenters. The van der Waals surface area contributed by atoms with Crippen molar-refractivity contribution in [2.45, 2.75) is 0 Å². The second-order valence-electron chi connectivity index (χ2n) is 4.39. The average molecular weight is 262 g/mol. The number of aromatic nitrogens is 1. The summed E-state index contributed by atoms with van der Waals surface area (Å²) in [6.07, 6.45) is 1.76. The molecular formula is C16H10N2O2. The van der Waals surface area contributed by atoms with Gasteiger partial charge in [-0.15, -0.1) is 0 Å². The van der Waals surface area contributed by atoms with Crippen molar-refractivity contribution in [3.8, 4) is 11.8 Å². The Bertz CT molecular complexity index is 839. The molecule has 4 heteroatoms. The van der Waals surface area contributed by atoms with Gasteiger partial charge in [-0.3, -0.25) is 0 Å². The van der Waals surface area contributed by atoms with Gasteiger partial charge in [-0.2, -0.15) is 5.26 Å². The van der Waals surface area contributed by atoms with Crippen molar-refractivity contribution < 1.29 is 9.90 Å². The molecule has 0 bridgehead atoms. The van der Waals surface area contributed by atoms with Crippen molar-refractivity contribution in [2.24, 2.45) is 0 Å². The lowest BCUT2D eigenvalue weighted by Crippen LogP contribution is -1.97. The molecule has 0 aliphatic rings. The van der Waals surface area contributed by atoms with E-state index in [1.54, 1.807) is 30.5 Å². The Morgan fingerprint density at radius 2 is 1.80 bits per heavy atom. The Kier molecular flexibility index (Phi) is 2.73. The van der Waals surface area contributed by atoms with Crippen LogP contribution in [0.25, 0.3) is 16.6 Å². The summed E-state index contributed by atoms with van der Waals surface area (Å²) >= 11 is 0. The summed E-state index contributed by atoms with van der Waals surface area (Å²) in [6, 6.07) is 16.4. The maximum absolute atomic E-state index is 10.9. The molecule has 0 aliphatic carbocycles. The van der Waals surface area contributed by atoms with Crippen molar-refractivity contribution in [3.63, 3.8) is 0 Å². The molecule has 0 saturated heterocycles. The highest BCUT2D eigenvalue weighted by molar-refractivity contribution is 5.89. The predicted octanol–water partition coefficient (Wildman–Crippen LogP) is 3.20. The lowest BCUT2D eigenvalue weighted by atomic mass is 10.2. The van der Waals surface area contributed by atoms with Crippen LogP contribution < -0.4 is 0 Å². The molecule has 0 fully saturated rings. The van der Waals surface area contributed by atoms with Crippen LogP contribution in [0.2, 0.25) is 0 Å². The van der Waals surface area contributed by atoms with Gasteiger partial charge in [0.2, 0.25) is 0 Å². The van der Waals surface area contributed by atoms with Crippen molar-refractivity contribution in [1.29, 1.82) is 5.26 Å². The molecule has 1 heterocycles. The van der Waals surface area contributed by atoms with Crippen LogP contribution in [0.15, 0.2) is 54.7 Å². The molecule has 0 saturated carbocycles. The number of carboxylic acid groups (broad SMARTS) is 1. The van der Waals surface area contributed by atoms with E-state index in [0.717, 1.165) is 16.6 Å². The number of aromatic carboxylic acids is 1. The van der Waals surface area contributed by atoms with Gasteiger partial charge in [0.25, 0.3) is 0 Å². The quantitative estimate of drug-likeness (QED) is 0.771. The summed E-state index contributed by atoms with van der Waals surface area (Å²) < 4.78 is 1.89. The zero-order chi connectivity index (χ0) is 14.1. The third kappa shape index (κ3) is 1.82. The smallest absolute Gasteiger partial charge is 0.335 e. The molecule has 4 nitrogen and oxygen atoms in total. The fourth-order valence-corrected chi connectivity index (χ4v) is 2.25. The van der Waals surface area contributed by atoms with Crippen molar-refractivity contribution >= 4 is 16.9 Å². The van der Waals surface area contributed by atoms with E-state index in [2.05, 4.69) is 6.07 Å². The molecular weight excluding hydrogens is 252 g/mol. The minimum Gasteiger partial charge on any atom is -0.478 e. The zero-order valence-corrected chi connectivity index (χ0v) is 10.4. The summed E-state index contributed by atoms with van der Waals surface area (Å²) in [6.45, 7) is 0. The molecule has 3 rings (SSSR count). The van der Waals surface area contributed by atoms with Crippen LogP contribution in [0, 0.1) is 11.3 Å². The molecule has 0 unspecified atom stereocenters. The van der Waals surface area contributed by atoms with E-state index in [9.17, 15) is 10.1 Å². The maximum Gasteiger partial charge on any atom is 0.335 e. The van der Waals surface area contributed by atoms with Gasteiger partial charge in [0.05, 0.1) is 16.6 Å². The second-order valence-corrected chi connectivity index (χ2v) is 4.39. The monoisotopic (exact) mass is 262 g/mol. The third-order valence-electron chi connectivity index (χ3n) is 3.22. The fraction of sp³-hybridized carbons (Fsp3) is 0. The minimum absolute atomic E-state index is 0.241. The summed E-state index contributed by atoms with van der Waals surface area (Å²) in [5, 5.41) is 19.0. The molecule has 0 aliphatic heterocycles. The van der Waals surface area contributed by atoms with Crippen LogP contribution in [0.5, 0.6) is 0 Å². The molecule has 1 aromatic heterocycles. The Hall–Kier alpha value is -3.06. The normalized spacial score (nSPS) is 10.3.